The van der Waals surface area contributed by atoms with Crippen LogP contribution < -0.4 is 10.2 Å². The third kappa shape index (κ3) is 2.24. The molecule has 4 heteroatoms. The Morgan fingerprint density at radius 3 is 2.85 bits per heavy atom. The summed E-state index contributed by atoms with van der Waals surface area (Å²) >= 11 is 0. The summed E-state index contributed by atoms with van der Waals surface area (Å²) in [5, 5.41) is 4.78. The van der Waals surface area contributed by atoms with Crippen molar-refractivity contribution >= 4 is 16.7 Å². The van der Waals surface area contributed by atoms with Gasteiger partial charge >= 0.3 is 0 Å². The standard InChI is InChI=1S/C16H20N4/c1-2-6-15-14(5-1)16(19-11-18-15)20(13-7-8-13)10-12-4-3-9-17-12/h1-2,5-6,11-13,17H,3-4,7-10H2. The van der Waals surface area contributed by atoms with Gasteiger partial charge in [0.1, 0.15) is 12.1 Å². The highest BCUT2D eigenvalue weighted by Crippen LogP contribution is 2.34. The molecule has 2 heterocycles. The minimum Gasteiger partial charge on any atom is -0.351 e. The fourth-order valence-corrected chi connectivity index (χ4v) is 3.16. The lowest BCUT2D eigenvalue weighted by atomic mass is 10.2. The van der Waals surface area contributed by atoms with Gasteiger partial charge in [0.2, 0.25) is 0 Å². The van der Waals surface area contributed by atoms with E-state index in [1.54, 1.807) is 6.33 Å². The van der Waals surface area contributed by atoms with Crippen molar-refractivity contribution < 1.29 is 0 Å². The van der Waals surface area contributed by atoms with Crippen LogP contribution in [0, 0.1) is 0 Å². The van der Waals surface area contributed by atoms with Crippen molar-refractivity contribution in [2.45, 2.75) is 37.8 Å². The predicted octanol–water partition coefficient (Wildman–Crippen LogP) is 2.35. The van der Waals surface area contributed by atoms with Crippen molar-refractivity contribution in [3.8, 4) is 0 Å². The van der Waals surface area contributed by atoms with E-state index in [1.807, 2.05) is 6.07 Å². The highest BCUT2D eigenvalue weighted by Gasteiger charge is 2.33. The quantitative estimate of drug-likeness (QED) is 0.924. The maximum Gasteiger partial charge on any atom is 0.140 e. The van der Waals surface area contributed by atoms with Gasteiger partial charge in [-0.3, -0.25) is 0 Å². The van der Waals surface area contributed by atoms with Gasteiger partial charge in [0.05, 0.1) is 5.52 Å². The molecule has 1 N–H and O–H groups in total. The van der Waals surface area contributed by atoms with E-state index in [0.717, 1.165) is 24.4 Å². The van der Waals surface area contributed by atoms with Gasteiger partial charge in [-0.25, -0.2) is 9.97 Å². The van der Waals surface area contributed by atoms with Gasteiger partial charge in [-0.2, -0.15) is 0 Å². The molecule has 0 bridgehead atoms. The molecule has 1 aromatic carbocycles. The van der Waals surface area contributed by atoms with Crippen molar-refractivity contribution in [2.24, 2.45) is 0 Å². The molecule has 2 aromatic rings. The molecule has 1 unspecified atom stereocenters. The Bertz CT molecular complexity index is 597. The van der Waals surface area contributed by atoms with E-state index in [0.29, 0.717) is 12.1 Å². The molecule has 1 saturated heterocycles. The number of para-hydroxylation sites is 1. The molecule has 104 valence electrons. The lowest BCUT2D eigenvalue weighted by Gasteiger charge is -2.27. The molecule has 0 spiro atoms. The largest absolute Gasteiger partial charge is 0.351 e. The molecule has 4 rings (SSSR count). The number of hydrogen-bond donors (Lipinski definition) is 1. The van der Waals surface area contributed by atoms with E-state index in [2.05, 4.69) is 38.4 Å². The van der Waals surface area contributed by atoms with Gasteiger partial charge < -0.3 is 10.2 Å². The maximum atomic E-state index is 4.60. The van der Waals surface area contributed by atoms with Gasteiger partial charge in [-0.1, -0.05) is 12.1 Å². The highest BCUT2D eigenvalue weighted by atomic mass is 15.3. The van der Waals surface area contributed by atoms with Crippen LogP contribution in [0.2, 0.25) is 0 Å². The first-order chi connectivity index (χ1) is 9.92. The van der Waals surface area contributed by atoms with E-state index >= 15 is 0 Å². The summed E-state index contributed by atoms with van der Waals surface area (Å²) in [5.41, 5.74) is 1.04. The third-order valence-electron chi connectivity index (χ3n) is 4.36. The first kappa shape index (κ1) is 12.1. The molecule has 1 aliphatic heterocycles. The number of hydrogen-bond acceptors (Lipinski definition) is 4. The van der Waals surface area contributed by atoms with Crippen LogP contribution in [0.5, 0.6) is 0 Å². The molecule has 2 fully saturated rings. The monoisotopic (exact) mass is 268 g/mol. The van der Waals surface area contributed by atoms with E-state index < -0.39 is 0 Å². The average molecular weight is 268 g/mol. The lowest BCUT2D eigenvalue weighted by Crippen LogP contribution is -2.39. The Morgan fingerprint density at radius 1 is 1.15 bits per heavy atom. The first-order valence-electron chi connectivity index (χ1n) is 7.61. The molecule has 1 aromatic heterocycles. The molecule has 1 atom stereocenters. The molecule has 0 amide bonds. The third-order valence-corrected chi connectivity index (χ3v) is 4.36. The Labute approximate surface area is 119 Å². The van der Waals surface area contributed by atoms with Crippen molar-refractivity contribution in [3.63, 3.8) is 0 Å². The predicted molar refractivity (Wildman–Crippen MR) is 80.9 cm³/mol. The summed E-state index contributed by atoms with van der Waals surface area (Å²) in [6.45, 7) is 2.24. The van der Waals surface area contributed by atoms with Crippen molar-refractivity contribution in [1.29, 1.82) is 0 Å². The molecule has 2 aliphatic rings. The van der Waals surface area contributed by atoms with Crippen LogP contribution in [0.3, 0.4) is 0 Å². The zero-order valence-electron chi connectivity index (χ0n) is 11.6. The van der Waals surface area contributed by atoms with Gasteiger partial charge in [-0.05, 0) is 44.4 Å². The number of fused-ring (bicyclic) bond motifs is 1. The molecule has 1 saturated carbocycles. The Morgan fingerprint density at radius 2 is 2.05 bits per heavy atom. The first-order valence-corrected chi connectivity index (χ1v) is 7.61. The second-order valence-electron chi connectivity index (χ2n) is 5.89. The van der Waals surface area contributed by atoms with Crippen LogP contribution in [0.25, 0.3) is 10.9 Å². The Kier molecular flexibility index (Phi) is 3.03. The lowest BCUT2D eigenvalue weighted by molar-refractivity contribution is 0.576. The fraction of sp³-hybridized carbons (Fsp3) is 0.500. The molecule has 20 heavy (non-hydrogen) atoms. The topological polar surface area (TPSA) is 41.0 Å². The second-order valence-corrected chi connectivity index (χ2v) is 5.89. The number of rotatable bonds is 4. The highest BCUT2D eigenvalue weighted by molar-refractivity contribution is 5.89. The molecule has 1 aliphatic carbocycles. The minimum atomic E-state index is 0.615. The Hall–Kier alpha value is -1.68. The van der Waals surface area contributed by atoms with E-state index in [4.69, 9.17) is 0 Å². The maximum absolute atomic E-state index is 4.60. The van der Waals surface area contributed by atoms with Gasteiger partial charge in [-0.15, -0.1) is 0 Å². The second kappa shape index (κ2) is 5.02. The number of nitrogens with zero attached hydrogens (tertiary/aromatic N) is 3. The van der Waals surface area contributed by atoms with Gasteiger partial charge in [0.15, 0.2) is 0 Å². The van der Waals surface area contributed by atoms with Crippen molar-refractivity contribution in [2.75, 3.05) is 18.0 Å². The van der Waals surface area contributed by atoms with Crippen LogP contribution in [-0.2, 0) is 0 Å². The summed E-state index contributed by atoms with van der Waals surface area (Å²) in [5.74, 6) is 1.12. The molecule has 0 radical (unpaired) electrons. The van der Waals surface area contributed by atoms with E-state index in [1.165, 1.54) is 31.1 Å². The van der Waals surface area contributed by atoms with Crippen LogP contribution >= 0.6 is 0 Å². The average Bonchev–Trinajstić information content (AvgIpc) is 3.21. The van der Waals surface area contributed by atoms with Gasteiger partial charge in [0, 0.05) is 24.0 Å². The van der Waals surface area contributed by atoms with Gasteiger partial charge in [0.25, 0.3) is 0 Å². The summed E-state index contributed by atoms with van der Waals surface area (Å²) in [6, 6.07) is 9.62. The SMILES string of the molecule is c1ccc2c(N(CC3CCCN3)C3CC3)ncnc2c1. The summed E-state index contributed by atoms with van der Waals surface area (Å²) in [4.78, 5) is 11.5. The zero-order valence-corrected chi connectivity index (χ0v) is 11.6. The molecular formula is C16H20N4. The summed E-state index contributed by atoms with van der Waals surface area (Å²) < 4.78 is 0. The number of anilines is 1. The van der Waals surface area contributed by atoms with Crippen molar-refractivity contribution in [3.05, 3.63) is 30.6 Å². The summed E-state index contributed by atoms with van der Waals surface area (Å²) in [6.07, 6.45) is 6.88. The van der Waals surface area contributed by atoms with Crippen LogP contribution in [-0.4, -0.2) is 35.1 Å². The van der Waals surface area contributed by atoms with E-state index in [9.17, 15) is 0 Å². The van der Waals surface area contributed by atoms with E-state index in [-0.39, 0.29) is 0 Å². The van der Waals surface area contributed by atoms with Crippen LogP contribution in [0.4, 0.5) is 5.82 Å². The number of benzene rings is 1. The van der Waals surface area contributed by atoms with Crippen LogP contribution in [0.15, 0.2) is 30.6 Å². The number of nitrogens with one attached hydrogen (secondary N) is 1. The number of aromatic nitrogens is 2. The molecular weight excluding hydrogens is 248 g/mol. The summed E-state index contributed by atoms with van der Waals surface area (Å²) in [7, 11) is 0. The fourth-order valence-electron chi connectivity index (χ4n) is 3.16. The van der Waals surface area contributed by atoms with Crippen molar-refractivity contribution in [1.82, 2.24) is 15.3 Å². The minimum absolute atomic E-state index is 0.615. The Balaban J connectivity index is 1.70. The smallest absolute Gasteiger partial charge is 0.140 e. The zero-order chi connectivity index (χ0) is 13.4. The molecule has 4 nitrogen and oxygen atoms in total. The normalized spacial score (nSPS) is 22.3. The van der Waals surface area contributed by atoms with Crippen LogP contribution in [0.1, 0.15) is 25.7 Å².